The number of nitrogens with zero attached hydrogens (tertiary/aromatic N) is 1. The zero-order valence-corrected chi connectivity index (χ0v) is 16.4. The summed E-state index contributed by atoms with van der Waals surface area (Å²) in [7, 11) is 0. The number of urea groups is 1. The van der Waals surface area contributed by atoms with Crippen molar-refractivity contribution in [1.82, 2.24) is 15.5 Å². The number of fused-ring (bicyclic) bond motifs is 2. The summed E-state index contributed by atoms with van der Waals surface area (Å²) in [6.45, 7) is 0.151. The van der Waals surface area contributed by atoms with E-state index in [1.807, 2.05) is 24.3 Å². The molecule has 0 bridgehead atoms. The van der Waals surface area contributed by atoms with E-state index >= 15 is 0 Å². The van der Waals surface area contributed by atoms with Crippen molar-refractivity contribution in [2.24, 2.45) is 0 Å². The number of carbonyl (C=O) groups excluding carboxylic acids is 3. The molecule has 4 amide bonds. The van der Waals surface area contributed by atoms with Crippen LogP contribution in [0.4, 0.5) is 4.79 Å². The first-order valence-corrected chi connectivity index (χ1v) is 9.75. The van der Waals surface area contributed by atoms with Crippen LogP contribution in [-0.4, -0.2) is 42.4 Å². The van der Waals surface area contributed by atoms with Gasteiger partial charge in [0.15, 0.2) is 0 Å². The van der Waals surface area contributed by atoms with E-state index in [9.17, 15) is 14.4 Å². The van der Waals surface area contributed by atoms with Crippen molar-refractivity contribution < 1.29 is 19.1 Å². The number of halogens is 1. The minimum absolute atomic E-state index is 0.239. The molecule has 1 fully saturated rings. The molecule has 1 unspecified atom stereocenters. The summed E-state index contributed by atoms with van der Waals surface area (Å²) in [5, 5.41) is 6.03. The normalized spacial score (nSPS) is 20.0. The molecule has 1 spiro atoms. The molecule has 1 heterocycles. The van der Waals surface area contributed by atoms with E-state index in [0.29, 0.717) is 23.6 Å². The van der Waals surface area contributed by atoms with Crippen molar-refractivity contribution in [3.8, 4) is 5.75 Å². The van der Waals surface area contributed by atoms with Gasteiger partial charge < -0.3 is 15.4 Å². The number of benzene rings is 2. The minimum atomic E-state index is -1.05. The Hall–Kier alpha value is -3.06. The van der Waals surface area contributed by atoms with Gasteiger partial charge in [-0.3, -0.25) is 14.5 Å². The van der Waals surface area contributed by atoms with Gasteiger partial charge in [0, 0.05) is 5.02 Å². The van der Waals surface area contributed by atoms with Crippen molar-refractivity contribution in [2.75, 3.05) is 19.7 Å². The number of ether oxygens (including phenoxy) is 1. The van der Waals surface area contributed by atoms with Crippen molar-refractivity contribution in [3.05, 3.63) is 64.7 Å². The third kappa shape index (κ3) is 3.65. The highest BCUT2D eigenvalue weighted by Crippen LogP contribution is 2.41. The van der Waals surface area contributed by atoms with Gasteiger partial charge in [0.05, 0.1) is 6.54 Å². The third-order valence-corrected chi connectivity index (χ3v) is 5.45. The molecule has 2 aromatic carbocycles. The van der Waals surface area contributed by atoms with Crippen LogP contribution in [0.5, 0.6) is 5.75 Å². The van der Waals surface area contributed by atoms with Crippen LogP contribution in [0, 0.1) is 0 Å². The Morgan fingerprint density at radius 3 is 2.86 bits per heavy atom. The Balaban J connectivity index is 1.32. The Morgan fingerprint density at radius 1 is 1.21 bits per heavy atom. The maximum absolute atomic E-state index is 13.0. The SMILES string of the molecule is O=C(CN1C(=O)NC2(CCc3ccccc32)C1=O)NCCOc1cccc(Cl)c1. The first kappa shape index (κ1) is 19.3. The largest absolute Gasteiger partial charge is 0.492 e. The summed E-state index contributed by atoms with van der Waals surface area (Å²) in [6.07, 6.45) is 1.21. The van der Waals surface area contributed by atoms with E-state index in [1.54, 1.807) is 24.3 Å². The maximum atomic E-state index is 13.0. The van der Waals surface area contributed by atoms with E-state index in [1.165, 1.54) is 0 Å². The van der Waals surface area contributed by atoms with Crippen LogP contribution in [0.25, 0.3) is 0 Å². The van der Waals surface area contributed by atoms with Crippen molar-refractivity contribution >= 4 is 29.4 Å². The van der Waals surface area contributed by atoms with Crippen LogP contribution < -0.4 is 15.4 Å². The zero-order chi connectivity index (χ0) is 20.4. The molecule has 1 aliphatic heterocycles. The fourth-order valence-electron chi connectivity index (χ4n) is 3.85. The molecular formula is C21H20ClN3O4. The first-order chi connectivity index (χ1) is 14.0. The molecule has 0 radical (unpaired) electrons. The molecule has 2 aromatic rings. The Morgan fingerprint density at radius 2 is 2.03 bits per heavy atom. The lowest BCUT2D eigenvalue weighted by atomic mass is 9.92. The van der Waals surface area contributed by atoms with E-state index < -0.39 is 17.5 Å². The Kier molecular flexibility index (Phi) is 5.15. The number of hydrogen-bond donors (Lipinski definition) is 2. The molecule has 1 aliphatic carbocycles. The first-order valence-electron chi connectivity index (χ1n) is 9.37. The Bertz CT molecular complexity index is 980. The monoisotopic (exact) mass is 413 g/mol. The molecule has 8 heteroatoms. The summed E-state index contributed by atoms with van der Waals surface area (Å²) in [6, 6.07) is 14.0. The lowest BCUT2D eigenvalue weighted by molar-refractivity contribution is -0.135. The third-order valence-electron chi connectivity index (χ3n) is 5.21. The number of imide groups is 1. The summed E-state index contributed by atoms with van der Waals surface area (Å²) in [5.41, 5.74) is 0.811. The second-order valence-electron chi connectivity index (χ2n) is 7.04. The lowest BCUT2D eigenvalue weighted by Crippen LogP contribution is -2.44. The fourth-order valence-corrected chi connectivity index (χ4v) is 4.03. The number of carbonyl (C=O) groups is 3. The van der Waals surface area contributed by atoms with E-state index in [2.05, 4.69) is 10.6 Å². The topological polar surface area (TPSA) is 87.7 Å². The van der Waals surface area contributed by atoms with Gasteiger partial charge in [-0.25, -0.2) is 4.79 Å². The predicted octanol–water partition coefficient (Wildman–Crippen LogP) is 2.23. The molecule has 150 valence electrons. The Labute approximate surface area is 173 Å². The highest BCUT2D eigenvalue weighted by molar-refractivity contribution is 6.30. The number of rotatable bonds is 6. The predicted molar refractivity (Wildman–Crippen MR) is 107 cm³/mol. The van der Waals surface area contributed by atoms with Crippen LogP contribution in [0.2, 0.25) is 5.02 Å². The van der Waals surface area contributed by atoms with Crippen molar-refractivity contribution in [3.63, 3.8) is 0 Å². The highest BCUT2D eigenvalue weighted by Gasteiger charge is 2.55. The highest BCUT2D eigenvalue weighted by atomic mass is 35.5. The van der Waals surface area contributed by atoms with Crippen LogP contribution in [0.3, 0.4) is 0 Å². The zero-order valence-electron chi connectivity index (χ0n) is 15.6. The van der Waals surface area contributed by atoms with Gasteiger partial charge >= 0.3 is 6.03 Å². The van der Waals surface area contributed by atoms with E-state index in [4.69, 9.17) is 16.3 Å². The molecule has 2 N–H and O–H groups in total. The minimum Gasteiger partial charge on any atom is -0.492 e. The summed E-state index contributed by atoms with van der Waals surface area (Å²) < 4.78 is 5.51. The standard InChI is InChI=1S/C21H20ClN3O4/c22-15-5-3-6-16(12-15)29-11-10-23-18(26)13-25-19(27)21(24-20(25)28)9-8-14-4-1-2-7-17(14)21/h1-7,12H,8-11,13H2,(H,23,26)(H,24,28). The second-order valence-corrected chi connectivity index (χ2v) is 7.48. The van der Waals surface area contributed by atoms with Crippen LogP contribution in [-0.2, 0) is 21.5 Å². The van der Waals surface area contributed by atoms with Gasteiger partial charge in [-0.05, 0) is 42.2 Å². The fraction of sp³-hybridized carbons (Fsp3) is 0.286. The number of nitrogens with one attached hydrogen (secondary N) is 2. The van der Waals surface area contributed by atoms with Crippen LogP contribution in [0.15, 0.2) is 48.5 Å². The van der Waals surface area contributed by atoms with Gasteiger partial charge in [0.1, 0.15) is 24.4 Å². The van der Waals surface area contributed by atoms with Gasteiger partial charge in [-0.2, -0.15) is 0 Å². The van der Waals surface area contributed by atoms with Crippen LogP contribution in [0.1, 0.15) is 17.5 Å². The quantitative estimate of drug-likeness (QED) is 0.561. The molecule has 2 aliphatic rings. The van der Waals surface area contributed by atoms with Crippen molar-refractivity contribution in [1.29, 1.82) is 0 Å². The van der Waals surface area contributed by atoms with Crippen LogP contribution >= 0.6 is 11.6 Å². The number of aryl methyl sites for hydroxylation is 1. The molecule has 29 heavy (non-hydrogen) atoms. The smallest absolute Gasteiger partial charge is 0.325 e. The van der Waals surface area contributed by atoms with Gasteiger partial charge in [-0.15, -0.1) is 0 Å². The number of amides is 4. The molecule has 4 rings (SSSR count). The summed E-state index contributed by atoms with van der Waals surface area (Å²) >= 11 is 5.89. The molecule has 0 aromatic heterocycles. The van der Waals surface area contributed by atoms with Crippen molar-refractivity contribution in [2.45, 2.75) is 18.4 Å². The maximum Gasteiger partial charge on any atom is 0.325 e. The summed E-state index contributed by atoms with van der Waals surface area (Å²) in [5.74, 6) is -0.202. The lowest BCUT2D eigenvalue weighted by Gasteiger charge is -2.22. The molecule has 0 saturated carbocycles. The van der Waals surface area contributed by atoms with E-state index in [-0.39, 0.29) is 25.6 Å². The molecule has 1 saturated heterocycles. The van der Waals surface area contributed by atoms with Gasteiger partial charge in [0.25, 0.3) is 5.91 Å². The van der Waals surface area contributed by atoms with E-state index in [0.717, 1.165) is 16.0 Å². The average molecular weight is 414 g/mol. The second kappa shape index (κ2) is 7.75. The summed E-state index contributed by atoms with van der Waals surface area (Å²) in [4.78, 5) is 38.6. The number of hydrogen-bond acceptors (Lipinski definition) is 4. The molecule has 1 atom stereocenters. The molecule has 7 nitrogen and oxygen atoms in total. The average Bonchev–Trinajstić information content (AvgIpc) is 3.19. The van der Waals surface area contributed by atoms with Gasteiger partial charge in [0.2, 0.25) is 5.91 Å². The molecular weight excluding hydrogens is 394 g/mol. The van der Waals surface area contributed by atoms with Gasteiger partial charge in [-0.1, -0.05) is 41.9 Å².